The van der Waals surface area contributed by atoms with Crippen molar-refractivity contribution < 1.29 is 22.7 Å². The van der Waals surface area contributed by atoms with Gasteiger partial charge in [-0.25, -0.2) is 13.6 Å². The van der Waals surface area contributed by atoms with Crippen LogP contribution in [0.4, 0.5) is 11.4 Å². The molecule has 0 aromatic heterocycles. The number of hydrogen-bond donors (Lipinski definition) is 4. The number of benzene rings is 2. The van der Waals surface area contributed by atoms with Gasteiger partial charge in [0.15, 0.2) is 5.11 Å². The Labute approximate surface area is 180 Å². The molecule has 0 radical (unpaired) electrons. The molecule has 2 aromatic carbocycles. The summed E-state index contributed by atoms with van der Waals surface area (Å²) >= 11 is 5.13. The van der Waals surface area contributed by atoms with Crippen LogP contribution in [0.1, 0.15) is 24.2 Å². The van der Waals surface area contributed by atoms with Crippen molar-refractivity contribution in [3.05, 3.63) is 48.0 Å². The molecule has 0 aliphatic heterocycles. The lowest BCUT2D eigenvalue weighted by Gasteiger charge is -2.14. The van der Waals surface area contributed by atoms with Gasteiger partial charge in [0.25, 0.3) is 5.91 Å². The van der Waals surface area contributed by atoms with Gasteiger partial charge in [0.2, 0.25) is 15.9 Å². The summed E-state index contributed by atoms with van der Waals surface area (Å²) in [7, 11) is -2.39. The maximum Gasteiger partial charge on any atom is 0.261 e. The van der Waals surface area contributed by atoms with Crippen molar-refractivity contribution >= 4 is 50.5 Å². The standard InChI is InChI=1S/C19H22N4O5S2/c1-11(2)17(24)21-13-6-9-15(16(10-13)28-3)18(25)23-19(29)22-12-4-7-14(8-5-12)30(20,26)27/h4-11H,1-3H3,(H,21,24)(H2,20,26,27)(H2,22,23,25,29). The molecule has 9 nitrogen and oxygen atoms in total. The molecule has 0 aliphatic rings. The third-order valence-corrected chi connectivity index (χ3v) is 5.04. The molecule has 11 heteroatoms. The van der Waals surface area contributed by atoms with Gasteiger partial charge < -0.3 is 15.4 Å². The minimum atomic E-state index is -3.80. The molecule has 0 saturated heterocycles. The Morgan fingerprint density at radius 3 is 2.17 bits per heavy atom. The van der Waals surface area contributed by atoms with E-state index in [0.29, 0.717) is 11.4 Å². The number of ether oxygens (including phenoxy) is 1. The summed E-state index contributed by atoms with van der Waals surface area (Å²) in [5.74, 6) is -0.615. The maximum absolute atomic E-state index is 12.6. The predicted octanol–water partition coefficient (Wildman–Crippen LogP) is 2.06. The van der Waals surface area contributed by atoms with Gasteiger partial charge in [-0.3, -0.25) is 14.9 Å². The highest BCUT2D eigenvalue weighted by atomic mass is 32.2. The molecule has 0 heterocycles. The summed E-state index contributed by atoms with van der Waals surface area (Å²) in [5, 5.41) is 13.1. The Morgan fingerprint density at radius 1 is 1.03 bits per heavy atom. The van der Waals surface area contributed by atoms with Crippen molar-refractivity contribution in [1.29, 1.82) is 0 Å². The van der Waals surface area contributed by atoms with Crippen LogP contribution < -0.4 is 25.8 Å². The predicted molar refractivity (Wildman–Crippen MR) is 118 cm³/mol. The number of hydrogen-bond acceptors (Lipinski definition) is 6. The van der Waals surface area contributed by atoms with E-state index in [1.54, 1.807) is 19.9 Å². The zero-order valence-electron chi connectivity index (χ0n) is 16.6. The Hall–Kier alpha value is -3.02. The van der Waals surface area contributed by atoms with Crippen molar-refractivity contribution in [3.63, 3.8) is 0 Å². The number of thiocarbonyl (C=S) groups is 1. The van der Waals surface area contributed by atoms with E-state index in [4.69, 9.17) is 22.1 Å². The highest BCUT2D eigenvalue weighted by Crippen LogP contribution is 2.23. The topological polar surface area (TPSA) is 140 Å². The highest BCUT2D eigenvalue weighted by Gasteiger charge is 2.16. The molecule has 0 fully saturated rings. The molecule has 0 aliphatic carbocycles. The number of anilines is 2. The fraction of sp³-hybridized carbons (Fsp3) is 0.211. The second kappa shape index (κ2) is 9.65. The minimum absolute atomic E-state index is 0.00240. The zero-order valence-corrected chi connectivity index (χ0v) is 18.2. The van der Waals surface area contributed by atoms with E-state index in [-0.39, 0.29) is 33.1 Å². The number of sulfonamides is 1. The van der Waals surface area contributed by atoms with Gasteiger partial charge in [-0.05, 0) is 48.6 Å². The number of carbonyl (C=O) groups excluding carboxylic acids is 2. The number of primary sulfonamides is 1. The van der Waals surface area contributed by atoms with E-state index in [1.807, 2.05) is 0 Å². The molecule has 160 valence electrons. The lowest BCUT2D eigenvalue weighted by atomic mass is 10.1. The van der Waals surface area contributed by atoms with E-state index in [9.17, 15) is 18.0 Å². The summed E-state index contributed by atoms with van der Waals surface area (Å²) < 4.78 is 27.8. The largest absolute Gasteiger partial charge is 0.496 e. The maximum atomic E-state index is 12.6. The van der Waals surface area contributed by atoms with E-state index in [2.05, 4.69) is 16.0 Å². The number of nitrogens with two attached hydrogens (primary N) is 1. The summed E-state index contributed by atoms with van der Waals surface area (Å²) in [6.07, 6.45) is 0. The molecule has 0 unspecified atom stereocenters. The molecule has 0 spiro atoms. The average Bonchev–Trinajstić information content (AvgIpc) is 2.67. The quantitative estimate of drug-likeness (QED) is 0.494. The van der Waals surface area contributed by atoms with Gasteiger partial charge in [0.1, 0.15) is 5.75 Å². The fourth-order valence-electron chi connectivity index (χ4n) is 2.30. The first-order valence-corrected chi connectivity index (χ1v) is 10.7. The van der Waals surface area contributed by atoms with Gasteiger partial charge in [-0.15, -0.1) is 0 Å². The lowest BCUT2D eigenvalue weighted by molar-refractivity contribution is -0.118. The van der Waals surface area contributed by atoms with Gasteiger partial charge in [-0.1, -0.05) is 13.8 Å². The third-order valence-electron chi connectivity index (χ3n) is 3.91. The van der Waals surface area contributed by atoms with Crippen molar-refractivity contribution in [2.24, 2.45) is 11.1 Å². The van der Waals surface area contributed by atoms with Crippen molar-refractivity contribution in [2.75, 3.05) is 17.7 Å². The zero-order chi connectivity index (χ0) is 22.5. The van der Waals surface area contributed by atoms with Gasteiger partial charge in [0.05, 0.1) is 17.6 Å². The third kappa shape index (κ3) is 6.24. The first kappa shape index (κ1) is 23.3. The monoisotopic (exact) mass is 450 g/mol. The summed E-state index contributed by atoms with van der Waals surface area (Å²) in [6, 6.07) is 10.2. The van der Waals surface area contributed by atoms with Crippen LogP contribution in [-0.2, 0) is 14.8 Å². The van der Waals surface area contributed by atoms with E-state index in [0.717, 1.165) is 0 Å². The van der Waals surface area contributed by atoms with E-state index >= 15 is 0 Å². The van der Waals surface area contributed by atoms with Crippen LogP contribution in [0.25, 0.3) is 0 Å². The van der Waals surface area contributed by atoms with Crippen LogP contribution in [-0.4, -0.2) is 32.5 Å². The lowest BCUT2D eigenvalue weighted by Crippen LogP contribution is -2.34. The Balaban J connectivity index is 2.07. The molecule has 2 amide bonds. The molecule has 2 aromatic rings. The second-order valence-corrected chi connectivity index (χ2v) is 8.51. The van der Waals surface area contributed by atoms with Crippen LogP contribution >= 0.6 is 12.2 Å². The number of rotatable bonds is 6. The second-order valence-electron chi connectivity index (χ2n) is 6.54. The normalized spacial score (nSPS) is 11.0. The summed E-state index contributed by atoms with van der Waals surface area (Å²) in [4.78, 5) is 24.3. The molecule has 0 bridgehead atoms. The number of nitrogens with one attached hydrogen (secondary N) is 3. The smallest absolute Gasteiger partial charge is 0.261 e. The van der Waals surface area contributed by atoms with Crippen LogP contribution in [0.3, 0.4) is 0 Å². The van der Waals surface area contributed by atoms with Gasteiger partial charge >= 0.3 is 0 Å². The number of methoxy groups -OCH3 is 1. The number of carbonyl (C=O) groups is 2. The Bertz CT molecular complexity index is 1070. The van der Waals surface area contributed by atoms with Crippen molar-refractivity contribution in [2.45, 2.75) is 18.7 Å². The van der Waals surface area contributed by atoms with Crippen molar-refractivity contribution in [1.82, 2.24) is 5.32 Å². The van der Waals surface area contributed by atoms with Crippen LogP contribution in [0.15, 0.2) is 47.4 Å². The summed E-state index contributed by atoms with van der Waals surface area (Å²) in [5.41, 5.74) is 1.18. The highest BCUT2D eigenvalue weighted by molar-refractivity contribution is 7.89. The van der Waals surface area contributed by atoms with Gasteiger partial charge in [0, 0.05) is 23.4 Å². The SMILES string of the molecule is COc1cc(NC(=O)C(C)C)ccc1C(=O)NC(=S)Nc1ccc(S(N)(=O)=O)cc1. The fourth-order valence-corrected chi connectivity index (χ4v) is 3.03. The van der Waals surface area contributed by atoms with Crippen molar-refractivity contribution in [3.8, 4) is 5.75 Å². The minimum Gasteiger partial charge on any atom is -0.496 e. The van der Waals surface area contributed by atoms with Crippen LogP contribution in [0.5, 0.6) is 5.75 Å². The summed E-state index contributed by atoms with van der Waals surface area (Å²) in [6.45, 7) is 3.54. The number of amides is 2. The Kier molecular flexibility index (Phi) is 7.48. The van der Waals surface area contributed by atoms with E-state index in [1.165, 1.54) is 43.5 Å². The molecule has 5 N–H and O–H groups in total. The van der Waals surface area contributed by atoms with Gasteiger partial charge in [-0.2, -0.15) is 0 Å². The van der Waals surface area contributed by atoms with Crippen LogP contribution in [0.2, 0.25) is 0 Å². The first-order chi connectivity index (χ1) is 14.0. The molecular formula is C19H22N4O5S2. The average molecular weight is 451 g/mol. The Morgan fingerprint density at radius 2 is 1.63 bits per heavy atom. The molecule has 30 heavy (non-hydrogen) atoms. The molecule has 0 atom stereocenters. The van der Waals surface area contributed by atoms with E-state index < -0.39 is 15.9 Å². The molecule has 2 rings (SSSR count). The first-order valence-electron chi connectivity index (χ1n) is 8.75. The molecule has 0 saturated carbocycles. The molecular weight excluding hydrogens is 428 g/mol. The van der Waals surface area contributed by atoms with Crippen LogP contribution in [0, 0.1) is 5.92 Å².